The Morgan fingerprint density at radius 1 is 1.40 bits per heavy atom. The largest absolute Gasteiger partial charge is 0.329 e. The molecule has 2 atom stereocenters. The molecule has 1 aromatic rings. The van der Waals surface area contributed by atoms with Gasteiger partial charge in [-0.3, -0.25) is 0 Å². The van der Waals surface area contributed by atoms with E-state index in [4.69, 9.17) is 5.73 Å². The van der Waals surface area contributed by atoms with Crippen LogP contribution in [0.5, 0.6) is 0 Å². The Balaban J connectivity index is 1.98. The van der Waals surface area contributed by atoms with Crippen LogP contribution >= 0.6 is 0 Å². The quantitative estimate of drug-likeness (QED) is 0.885. The first-order chi connectivity index (χ1) is 9.55. The van der Waals surface area contributed by atoms with Crippen LogP contribution in [-0.4, -0.2) is 41.4 Å². The predicted octanol–water partition coefficient (Wildman–Crippen LogP) is 0.577. The van der Waals surface area contributed by atoms with Crippen molar-refractivity contribution in [3.63, 3.8) is 0 Å². The highest BCUT2D eigenvalue weighted by atomic mass is 32.2. The Morgan fingerprint density at radius 2 is 2.20 bits per heavy atom. The summed E-state index contributed by atoms with van der Waals surface area (Å²) in [6.45, 7) is 3.77. The summed E-state index contributed by atoms with van der Waals surface area (Å²) in [6, 6.07) is -0.0960. The summed E-state index contributed by atoms with van der Waals surface area (Å²) in [4.78, 5) is 4.25. The van der Waals surface area contributed by atoms with Crippen LogP contribution in [0.25, 0.3) is 0 Å². The molecule has 7 heteroatoms. The summed E-state index contributed by atoms with van der Waals surface area (Å²) in [7, 11) is -3.48. The van der Waals surface area contributed by atoms with Gasteiger partial charge in [0.15, 0.2) is 5.03 Å². The van der Waals surface area contributed by atoms with E-state index in [0.717, 1.165) is 38.1 Å². The van der Waals surface area contributed by atoms with Gasteiger partial charge in [-0.15, -0.1) is 0 Å². The molecule has 0 aliphatic carbocycles. The van der Waals surface area contributed by atoms with E-state index in [-0.39, 0.29) is 6.04 Å². The van der Waals surface area contributed by atoms with Crippen LogP contribution in [0.4, 0.5) is 0 Å². The van der Waals surface area contributed by atoms with Gasteiger partial charge >= 0.3 is 0 Å². The average molecular weight is 298 g/mol. The summed E-state index contributed by atoms with van der Waals surface area (Å²) in [5, 5.41) is 0.345. The number of sulfonamides is 1. The lowest BCUT2D eigenvalue weighted by Gasteiger charge is -2.38. The molecule has 0 amide bonds. The zero-order valence-corrected chi connectivity index (χ0v) is 12.6. The van der Waals surface area contributed by atoms with Crippen molar-refractivity contribution in [1.82, 2.24) is 13.9 Å². The standard InChI is InChI=1S/C13H22N4O2S/c1-10-4-2-7-17(11(10)8-14)20(18,19)13-9-15-12-5-3-6-16(12)13/h9-11H,2-8,14H2,1H3. The Hall–Kier alpha value is -0.920. The predicted molar refractivity (Wildman–Crippen MR) is 75.7 cm³/mol. The van der Waals surface area contributed by atoms with E-state index in [0.29, 0.717) is 24.0 Å². The zero-order chi connectivity index (χ0) is 14.3. The van der Waals surface area contributed by atoms with E-state index in [1.807, 2.05) is 4.57 Å². The number of hydrogen-bond donors (Lipinski definition) is 1. The minimum Gasteiger partial charge on any atom is -0.329 e. The molecule has 1 saturated heterocycles. The molecular formula is C13H22N4O2S. The van der Waals surface area contributed by atoms with Crippen LogP contribution in [0.15, 0.2) is 11.2 Å². The minimum absolute atomic E-state index is 0.0960. The topological polar surface area (TPSA) is 81.2 Å². The molecule has 2 unspecified atom stereocenters. The minimum atomic E-state index is -3.48. The molecule has 0 aromatic carbocycles. The second-order valence-corrected chi connectivity index (χ2v) is 7.64. The highest BCUT2D eigenvalue weighted by molar-refractivity contribution is 7.89. The lowest BCUT2D eigenvalue weighted by Crippen LogP contribution is -2.51. The van der Waals surface area contributed by atoms with Crippen molar-refractivity contribution in [1.29, 1.82) is 0 Å². The molecule has 2 aliphatic rings. The second-order valence-electron chi connectivity index (χ2n) is 5.81. The lowest BCUT2D eigenvalue weighted by atomic mass is 9.93. The molecular weight excluding hydrogens is 276 g/mol. The summed E-state index contributed by atoms with van der Waals surface area (Å²) in [6.07, 6.45) is 5.29. The number of rotatable bonds is 3. The van der Waals surface area contributed by atoms with Crippen molar-refractivity contribution < 1.29 is 8.42 Å². The van der Waals surface area contributed by atoms with Crippen molar-refractivity contribution in [2.24, 2.45) is 11.7 Å². The molecule has 6 nitrogen and oxygen atoms in total. The van der Waals surface area contributed by atoms with Gasteiger partial charge < -0.3 is 10.3 Å². The fraction of sp³-hybridized carbons (Fsp3) is 0.769. The second kappa shape index (κ2) is 5.13. The number of aryl methyl sites for hydroxylation is 1. The lowest BCUT2D eigenvalue weighted by molar-refractivity contribution is 0.191. The normalized spacial score (nSPS) is 27.7. The van der Waals surface area contributed by atoms with Gasteiger partial charge in [0.1, 0.15) is 5.82 Å². The maximum Gasteiger partial charge on any atom is 0.260 e. The molecule has 20 heavy (non-hydrogen) atoms. The number of hydrogen-bond acceptors (Lipinski definition) is 4. The van der Waals surface area contributed by atoms with Crippen LogP contribution in [0, 0.1) is 5.92 Å². The van der Waals surface area contributed by atoms with Crippen molar-refractivity contribution in [3.05, 3.63) is 12.0 Å². The molecule has 2 aliphatic heterocycles. The summed E-state index contributed by atoms with van der Waals surface area (Å²) >= 11 is 0. The highest BCUT2D eigenvalue weighted by Crippen LogP contribution is 2.30. The zero-order valence-electron chi connectivity index (χ0n) is 11.8. The summed E-state index contributed by atoms with van der Waals surface area (Å²) in [5.74, 6) is 1.20. The molecule has 0 saturated carbocycles. The number of nitrogens with two attached hydrogens (primary N) is 1. The van der Waals surface area contributed by atoms with Crippen LogP contribution in [0.1, 0.15) is 32.0 Å². The van der Waals surface area contributed by atoms with E-state index >= 15 is 0 Å². The van der Waals surface area contributed by atoms with Gasteiger partial charge in [-0.2, -0.15) is 4.31 Å². The van der Waals surface area contributed by atoms with Gasteiger partial charge in [-0.1, -0.05) is 6.92 Å². The Bertz CT molecular complexity index is 596. The number of imidazole rings is 1. The first-order valence-electron chi connectivity index (χ1n) is 7.32. The van der Waals surface area contributed by atoms with E-state index in [2.05, 4.69) is 11.9 Å². The maximum absolute atomic E-state index is 12.9. The van der Waals surface area contributed by atoms with Crippen LogP contribution in [-0.2, 0) is 23.0 Å². The molecule has 0 bridgehead atoms. The van der Waals surface area contributed by atoms with Gasteiger partial charge in [0.05, 0.1) is 6.20 Å². The van der Waals surface area contributed by atoms with Crippen molar-refractivity contribution in [2.45, 2.75) is 50.2 Å². The van der Waals surface area contributed by atoms with Crippen molar-refractivity contribution >= 4 is 10.0 Å². The Labute approximate surface area is 120 Å². The van der Waals surface area contributed by atoms with Gasteiger partial charge in [0.2, 0.25) is 0 Å². The molecule has 112 valence electrons. The Kier molecular flexibility index (Phi) is 3.60. The van der Waals surface area contributed by atoms with Crippen LogP contribution in [0.2, 0.25) is 0 Å². The molecule has 3 rings (SSSR count). The van der Waals surface area contributed by atoms with Gasteiger partial charge in [0, 0.05) is 32.1 Å². The first kappa shape index (κ1) is 14.0. The van der Waals surface area contributed by atoms with Crippen LogP contribution < -0.4 is 5.73 Å². The molecule has 2 N–H and O–H groups in total. The smallest absolute Gasteiger partial charge is 0.260 e. The van der Waals surface area contributed by atoms with Crippen molar-refractivity contribution in [2.75, 3.05) is 13.1 Å². The summed E-state index contributed by atoms with van der Waals surface area (Å²) in [5.41, 5.74) is 5.82. The number of fused-ring (bicyclic) bond motifs is 1. The fourth-order valence-electron chi connectivity index (χ4n) is 3.42. The summed E-state index contributed by atoms with van der Waals surface area (Å²) < 4.78 is 29.3. The first-order valence-corrected chi connectivity index (χ1v) is 8.76. The molecule has 0 spiro atoms. The molecule has 1 aromatic heterocycles. The van der Waals surface area contributed by atoms with Gasteiger partial charge in [0.25, 0.3) is 10.0 Å². The monoisotopic (exact) mass is 298 g/mol. The fourth-order valence-corrected chi connectivity index (χ4v) is 5.34. The highest BCUT2D eigenvalue weighted by Gasteiger charge is 2.38. The van der Waals surface area contributed by atoms with Gasteiger partial charge in [-0.05, 0) is 25.2 Å². The third-order valence-corrected chi connectivity index (χ3v) is 6.49. The van der Waals surface area contributed by atoms with E-state index in [1.54, 1.807) is 4.31 Å². The molecule has 1 fully saturated rings. The number of aromatic nitrogens is 2. The SMILES string of the molecule is CC1CCCN(S(=O)(=O)c2cnc3n2CCC3)C1CN. The third-order valence-electron chi connectivity index (χ3n) is 4.56. The molecule has 3 heterocycles. The Morgan fingerprint density at radius 3 is 2.95 bits per heavy atom. The van der Waals surface area contributed by atoms with E-state index < -0.39 is 10.0 Å². The number of nitrogens with zero attached hydrogens (tertiary/aromatic N) is 3. The van der Waals surface area contributed by atoms with Gasteiger partial charge in [-0.25, -0.2) is 13.4 Å². The van der Waals surface area contributed by atoms with Crippen LogP contribution in [0.3, 0.4) is 0 Å². The van der Waals surface area contributed by atoms with E-state index in [9.17, 15) is 8.42 Å². The molecule has 0 radical (unpaired) electrons. The van der Waals surface area contributed by atoms with E-state index in [1.165, 1.54) is 6.20 Å². The number of piperidine rings is 1. The maximum atomic E-state index is 12.9. The van der Waals surface area contributed by atoms with Crippen molar-refractivity contribution in [3.8, 4) is 0 Å². The average Bonchev–Trinajstić information content (AvgIpc) is 3.00. The third kappa shape index (κ3) is 2.08.